The molecule has 2 fully saturated rings. The molecule has 0 unspecified atom stereocenters. The third kappa shape index (κ3) is 8.90. The summed E-state index contributed by atoms with van der Waals surface area (Å²) < 4.78 is 23.3. The van der Waals surface area contributed by atoms with Crippen molar-refractivity contribution in [3.8, 4) is 17.6 Å². The van der Waals surface area contributed by atoms with Crippen molar-refractivity contribution in [2.24, 2.45) is 0 Å². The maximum Gasteiger partial charge on any atom is 0.409 e. The average molecular weight is 753 g/mol. The number of carbonyl (C=O) groups excluding carboxylic acids is 3. The second-order valence-corrected chi connectivity index (χ2v) is 13.1. The largest absolute Gasteiger partial charge is 0.493 e. The van der Waals surface area contributed by atoms with Gasteiger partial charge in [0, 0.05) is 66.0 Å². The molecule has 19 nitrogen and oxygen atoms in total. The number of nitrogens with zero attached hydrogens (tertiary/aromatic N) is 8. The zero-order valence-corrected chi connectivity index (χ0v) is 30.4. The number of aliphatic hydroxyl groups is 2. The Morgan fingerprint density at radius 1 is 1.07 bits per heavy atom. The Labute approximate surface area is 310 Å². The molecule has 3 aromatic rings. The molecule has 3 amide bonds. The van der Waals surface area contributed by atoms with Gasteiger partial charge in [0.15, 0.2) is 23.3 Å². The van der Waals surface area contributed by atoms with Gasteiger partial charge in [0.25, 0.3) is 0 Å². The lowest BCUT2D eigenvalue weighted by Gasteiger charge is -2.38. The quantitative estimate of drug-likeness (QED) is 0.236. The maximum atomic E-state index is 13.5. The van der Waals surface area contributed by atoms with Gasteiger partial charge in [-0.2, -0.15) is 5.26 Å². The zero-order chi connectivity index (χ0) is 39.1. The summed E-state index contributed by atoms with van der Waals surface area (Å²) >= 11 is 0. The summed E-state index contributed by atoms with van der Waals surface area (Å²) in [5, 5.41) is 38.8. The Morgan fingerprint density at radius 3 is 2.56 bits per heavy atom. The number of piperidine rings is 1. The van der Waals surface area contributed by atoms with Crippen LogP contribution in [-0.4, -0.2) is 154 Å². The van der Waals surface area contributed by atoms with E-state index in [9.17, 15) is 34.5 Å². The topological polar surface area (TPSA) is 233 Å². The van der Waals surface area contributed by atoms with E-state index in [1.165, 1.54) is 33.9 Å². The molecule has 19 heteroatoms. The number of fused-ring (bicyclic) bond motifs is 1. The first-order chi connectivity index (χ1) is 25.8. The van der Waals surface area contributed by atoms with Gasteiger partial charge in [-0.05, 0) is 36.6 Å². The lowest BCUT2D eigenvalue weighted by Crippen LogP contribution is -2.53. The van der Waals surface area contributed by atoms with Crippen molar-refractivity contribution in [1.29, 1.82) is 5.26 Å². The summed E-state index contributed by atoms with van der Waals surface area (Å²) in [7, 11) is 6.42. The lowest BCUT2D eigenvalue weighted by atomic mass is 10.0. The number of carboxylic acids is 1. The average Bonchev–Trinajstić information content (AvgIpc) is 3.61. The van der Waals surface area contributed by atoms with Crippen molar-refractivity contribution in [1.82, 2.24) is 29.2 Å². The van der Waals surface area contributed by atoms with E-state index in [2.05, 4.69) is 9.97 Å². The van der Waals surface area contributed by atoms with Crippen molar-refractivity contribution in [3.05, 3.63) is 42.4 Å². The Kier molecular flexibility index (Phi) is 12.7. The van der Waals surface area contributed by atoms with Gasteiger partial charge in [-0.1, -0.05) is 6.07 Å². The van der Waals surface area contributed by atoms with E-state index in [1.54, 1.807) is 43.4 Å². The molecule has 0 radical (unpaired) electrons. The summed E-state index contributed by atoms with van der Waals surface area (Å²) in [6, 6.07) is 7.97. The minimum absolute atomic E-state index is 0.0315. The molecule has 0 bridgehead atoms. The summed E-state index contributed by atoms with van der Waals surface area (Å²) in [5.41, 5.74) is 0.958. The minimum atomic E-state index is -1.67. The van der Waals surface area contributed by atoms with Crippen LogP contribution in [0.1, 0.15) is 31.2 Å². The Balaban J connectivity index is 1.13. The second kappa shape index (κ2) is 17.4. The van der Waals surface area contributed by atoms with Gasteiger partial charge >= 0.3 is 18.1 Å². The van der Waals surface area contributed by atoms with Crippen LogP contribution < -0.4 is 14.4 Å². The number of amides is 3. The molecule has 5 rings (SSSR count). The number of ether oxygens (including phenoxy) is 4. The monoisotopic (exact) mass is 752 g/mol. The highest BCUT2D eigenvalue weighted by atomic mass is 16.7. The van der Waals surface area contributed by atoms with Gasteiger partial charge in [0.1, 0.15) is 31.3 Å². The maximum absolute atomic E-state index is 13.5. The summed E-state index contributed by atoms with van der Waals surface area (Å²) in [6.45, 7) is 1.27. The van der Waals surface area contributed by atoms with E-state index in [0.29, 0.717) is 35.5 Å². The lowest BCUT2D eigenvalue weighted by molar-refractivity contribution is -0.228. The molecule has 1 aromatic carbocycles. The molecule has 2 aromatic heterocycles. The van der Waals surface area contributed by atoms with Gasteiger partial charge < -0.3 is 53.9 Å². The predicted molar refractivity (Wildman–Crippen MR) is 189 cm³/mol. The van der Waals surface area contributed by atoms with Crippen molar-refractivity contribution >= 4 is 40.9 Å². The Hall–Kier alpha value is -5.71. The summed E-state index contributed by atoms with van der Waals surface area (Å²) in [4.78, 5) is 65.4. The van der Waals surface area contributed by atoms with Gasteiger partial charge in [-0.15, -0.1) is 0 Å². The first-order valence-corrected chi connectivity index (χ1v) is 17.2. The van der Waals surface area contributed by atoms with Gasteiger partial charge in [0.2, 0.25) is 12.2 Å². The van der Waals surface area contributed by atoms with E-state index >= 15 is 0 Å². The number of aliphatic carboxylic acids is 1. The molecule has 54 heavy (non-hydrogen) atoms. The standard InChI is InChI=1S/C35H44N8O11/c1-39(34(49)43-13-10-23-31(37-20-38-32(23)43)41(3)22-6-5-12-42(18-22)27(45)9-11-36)14-15-40(2)35(50)52-19-21-7-8-25(26(16-21)51-4)53-28-17-24(44)29(46)30(54-28)33(47)48/h7-8,10,13,16,20,22,24,28-30,44,46H,5-6,9,12,14-15,17-19H2,1-4H3,(H,47,48)/t22-,24-,28-,29+,30+/m1/s1. The number of aliphatic hydroxyl groups excluding tert-OH is 2. The van der Waals surface area contributed by atoms with Gasteiger partial charge in [-0.3, -0.25) is 9.36 Å². The number of likely N-dealkylation sites (N-methyl/N-ethyl adjacent to an activating group) is 3. The van der Waals surface area contributed by atoms with Crippen molar-refractivity contribution in [2.75, 3.05) is 59.3 Å². The number of carboxylic acid groups (broad SMARTS) is 1. The SMILES string of the molecule is COc1cc(COC(=O)N(C)CCN(C)C(=O)n2ccc3c(N(C)[C@@H]4CCCN(C(=O)CC#N)C4)ncnc32)ccc1O[C@H]1C[C@@H](O)[C@H](O)[C@@H](C(=O)O)O1. The molecule has 2 aliphatic heterocycles. The molecule has 3 N–H and O–H groups in total. The van der Waals surface area contributed by atoms with Crippen LogP contribution in [0.25, 0.3) is 11.0 Å². The fraction of sp³-hybridized carbons (Fsp3) is 0.514. The number of anilines is 1. The molecule has 2 saturated heterocycles. The van der Waals surface area contributed by atoms with E-state index in [1.807, 2.05) is 18.0 Å². The van der Waals surface area contributed by atoms with Crippen molar-refractivity contribution < 1.29 is 53.4 Å². The van der Waals surface area contributed by atoms with Crippen LogP contribution in [0.4, 0.5) is 15.4 Å². The van der Waals surface area contributed by atoms with Crippen LogP contribution in [0.2, 0.25) is 0 Å². The third-order valence-corrected chi connectivity index (χ3v) is 9.47. The predicted octanol–water partition coefficient (Wildman–Crippen LogP) is 1.25. The number of nitriles is 1. The number of carbonyl (C=O) groups is 4. The molecule has 290 valence electrons. The smallest absolute Gasteiger partial charge is 0.409 e. The van der Waals surface area contributed by atoms with Crippen LogP contribution >= 0.6 is 0 Å². The van der Waals surface area contributed by atoms with Crippen molar-refractivity contribution in [2.45, 2.75) is 62.9 Å². The number of rotatable bonds is 12. The number of benzene rings is 1. The number of hydrogen-bond acceptors (Lipinski definition) is 14. The second-order valence-electron chi connectivity index (χ2n) is 13.1. The van der Waals surface area contributed by atoms with Crippen LogP contribution in [-0.2, 0) is 25.7 Å². The summed E-state index contributed by atoms with van der Waals surface area (Å²) in [5.74, 6) is -0.607. The van der Waals surface area contributed by atoms with Crippen molar-refractivity contribution in [3.63, 3.8) is 0 Å². The van der Waals surface area contributed by atoms with E-state index in [4.69, 9.17) is 24.2 Å². The number of likely N-dealkylation sites (tertiary alicyclic amines) is 1. The Morgan fingerprint density at radius 2 is 1.83 bits per heavy atom. The molecule has 4 heterocycles. The van der Waals surface area contributed by atoms with E-state index < -0.39 is 36.7 Å². The highest BCUT2D eigenvalue weighted by molar-refractivity contribution is 5.95. The van der Waals surface area contributed by atoms with Crippen LogP contribution in [0.5, 0.6) is 11.5 Å². The van der Waals surface area contributed by atoms with Gasteiger partial charge in [-0.25, -0.2) is 24.4 Å². The molecule has 5 atom stereocenters. The Bertz CT molecular complexity index is 1880. The minimum Gasteiger partial charge on any atom is -0.493 e. The molecular formula is C35H44N8O11. The third-order valence-electron chi connectivity index (χ3n) is 9.47. The number of methoxy groups -OCH3 is 1. The summed E-state index contributed by atoms with van der Waals surface area (Å²) in [6.07, 6.45) is -2.16. The molecular weight excluding hydrogens is 708 g/mol. The number of aromatic nitrogens is 3. The first kappa shape index (κ1) is 39.5. The highest BCUT2D eigenvalue weighted by Crippen LogP contribution is 2.32. The van der Waals surface area contributed by atoms with E-state index in [0.717, 1.165) is 12.8 Å². The zero-order valence-electron chi connectivity index (χ0n) is 30.4. The molecule has 0 spiro atoms. The van der Waals surface area contributed by atoms with E-state index in [-0.39, 0.29) is 62.0 Å². The van der Waals surface area contributed by atoms with Crippen LogP contribution in [0.3, 0.4) is 0 Å². The van der Waals surface area contributed by atoms with Crippen LogP contribution in [0.15, 0.2) is 36.8 Å². The molecule has 0 aliphatic carbocycles. The van der Waals surface area contributed by atoms with Crippen LogP contribution in [0, 0.1) is 11.3 Å². The number of hydrogen-bond donors (Lipinski definition) is 3. The normalized spacial score (nSPS) is 21.1. The van der Waals surface area contributed by atoms with Gasteiger partial charge in [0.05, 0.1) is 24.7 Å². The fourth-order valence-corrected chi connectivity index (χ4v) is 6.31. The molecule has 2 aliphatic rings. The molecule has 0 saturated carbocycles. The first-order valence-electron chi connectivity index (χ1n) is 17.2. The highest BCUT2D eigenvalue weighted by Gasteiger charge is 2.42. The fourth-order valence-electron chi connectivity index (χ4n) is 6.31.